The third kappa shape index (κ3) is 1.35. The zero-order valence-corrected chi connectivity index (χ0v) is 4.98. The number of nitrogens with one attached hydrogen (secondary N) is 1. The highest BCUT2D eigenvalue weighted by Gasteiger charge is 1.84. The Bertz CT molecular complexity index is 155. The molecular weight excluding hydrogens is 120 g/mol. The predicted molar refractivity (Wildman–Crippen MR) is 36.4 cm³/mol. The van der Waals surface area contributed by atoms with Gasteiger partial charge in [-0.2, -0.15) is 5.10 Å². The van der Waals surface area contributed by atoms with Crippen LogP contribution in [0, 0.1) is 0 Å². The summed E-state index contributed by atoms with van der Waals surface area (Å²) < 4.78 is 0. The lowest BCUT2D eigenvalue weighted by Crippen LogP contribution is -1.93. The van der Waals surface area contributed by atoms with Gasteiger partial charge in [0.05, 0.1) is 0 Å². The minimum Gasteiger partial charge on any atom is -0.284 e. The molecule has 1 aliphatic heterocycles. The van der Waals surface area contributed by atoms with Crippen molar-refractivity contribution < 1.29 is 0 Å². The maximum absolute atomic E-state index is 4.74. The lowest BCUT2D eigenvalue weighted by Gasteiger charge is -1.83. The molecule has 0 fully saturated rings. The first-order valence-electron chi connectivity index (χ1n) is 2.23. The molecule has 1 aliphatic rings. The quantitative estimate of drug-likeness (QED) is 0.516. The zero-order chi connectivity index (χ0) is 5.82. The van der Waals surface area contributed by atoms with Gasteiger partial charge in [-0.15, -0.1) is 0 Å². The molecule has 3 heteroatoms. The van der Waals surface area contributed by atoms with Crippen LogP contribution in [-0.2, 0) is 0 Å². The maximum atomic E-state index is 4.74. The van der Waals surface area contributed by atoms with E-state index in [2.05, 4.69) is 10.5 Å². The molecule has 0 amide bonds. The molecule has 0 aromatic carbocycles. The molecule has 0 unspecified atom stereocenters. The second-order valence-corrected chi connectivity index (χ2v) is 1.72. The second-order valence-electron chi connectivity index (χ2n) is 1.30. The molecule has 1 rings (SSSR count). The summed E-state index contributed by atoms with van der Waals surface area (Å²) in [6, 6.07) is 0. The minimum absolute atomic E-state index is 0.579. The van der Waals surface area contributed by atoms with Crippen molar-refractivity contribution in [3.8, 4) is 0 Å². The van der Waals surface area contributed by atoms with E-state index in [1.165, 1.54) is 0 Å². The van der Waals surface area contributed by atoms with E-state index in [0.717, 1.165) is 0 Å². The summed E-state index contributed by atoms with van der Waals surface area (Å²) >= 11 is 4.74. The predicted octanol–water partition coefficient (Wildman–Crippen LogP) is 1.17. The van der Waals surface area contributed by atoms with Crippen LogP contribution < -0.4 is 5.43 Å². The van der Waals surface area contributed by atoms with Crippen LogP contribution >= 0.6 is 12.6 Å². The van der Waals surface area contributed by atoms with Gasteiger partial charge in [0.15, 0.2) is 0 Å². The van der Waals surface area contributed by atoms with E-state index in [9.17, 15) is 0 Å². The van der Waals surface area contributed by atoms with Crippen molar-refractivity contribution >= 4 is 17.7 Å². The van der Waals surface area contributed by atoms with Crippen molar-refractivity contribution in [3.63, 3.8) is 0 Å². The molecule has 0 aliphatic carbocycles. The van der Waals surface area contributed by atoms with Crippen LogP contribution in [0.3, 0.4) is 0 Å². The standard InChI is InChI=1S/C5H5N2S/c8-5-3-1-2-4-6-7-5/h1-4,6H. The molecule has 0 atom stereocenters. The third-order valence-electron chi connectivity index (χ3n) is 0.695. The van der Waals surface area contributed by atoms with E-state index >= 15 is 0 Å². The van der Waals surface area contributed by atoms with Gasteiger partial charge in [0.1, 0.15) is 5.04 Å². The van der Waals surface area contributed by atoms with Crippen molar-refractivity contribution in [1.29, 1.82) is 0 Å². The summed E-state index contributed by atoms with van der Waals surface area (Å²) in [5.41, 5.74) is 2.64. The number of rotatable bonds is 0. The third-order valence-corrected chi connectivity index (χ3v) is 0.923. The van der Waals surface area contributed by atoms with E-state index in [1.807, 2.05) is 12.2 Å². The average Bonchev–Trinajstić information content (AvgIpc) is 1.94. The Hall–Kier alpha value is -0.830. The van der Waals surface area contributed by atoms with Crippen molar-refractivity contribution in [3.05, 3.63) is 24.4 Å². The van der Waals surface area contributed by atoms with E-state index in [1.54, 1.807) is 12.3 Å². The van der Waals surface area contributed by atoms with Crippen LogP contribution in [-0.4, -0.2) is 5.04 Å². The summed E-state index contributed by atoms with van der Waals surface area (Å²) in [6.07, 6.45) is 7.15. The highest BCUT2D eigenvalue weighted by molar-refractivity contribution is 7.97. The van der Waals surface area contributed by atoms with Crippen LogP contribution in [0.2, 0.25) is 0 Å². The van der Waals surface area contributed by atoms with E-state index in [0.29, 0.717) is 5.04 Å². The molecule has 2 nitrogen and oxygen atoms in total. The van der Waals surface area contributed by atoms with Crippen LogP contribution in [0.25, 0.3) is 0 Å². The Morgan fingerprint density at radius 1 is 1.50 bits per heavy atom. The molecule has 8 heavy (non-hydrogen) atoms. The van der Waals surface area contributed by atoms with E-state index in [4.69, 9.17) is 12.6 Å². The Morgan fingerprint density at radius 3 is 3.25 bits per heavy atom. The van der Waals surface area contributed by atoms with Crippen LogP contribution in [0.5, 0.6) is 0 Å². The fourth-order valence-electron chi connectivity index (χ4n) is 0.375. The molecule has 0 saturated carbocycles. The van der Waals surface area contributed by atoms with Gasteiger partial charge < -0.3 is 0 Å². The van der Waals surface area contributed by atoms with Gasteiger partial charge in [-0.3, -0.25) is 5.43 Å². The Kier molecular flexibility index (Phi) is 1.64. The topological polar surface area (TPSA) is 24.4 Å². The van der Waals surface area contributed by atoms with Gasteiger partial charge in [0, 0.05) is 6.20 Å². The van der Waals surface area contributed by atoms with Crippen molar-refractivity contribution in [2.75, 3.05) is 0 Å². The van der Waals surface area contributed by atoms with Crippen molar-refractivity contribution in [1.82, 2.24) is 5.43 Å². The number of hydrogen-bond donors (Lipinski definition) is 1. The maximum Gasteiger partial charge on any atom is 0.146 e. The van der Waals surface area contributed by atoms with Gasteiger partial charge in [-0.05, 0) is 12.2 Å². The molecule has 1 heterocycles. The summed E-state index contributed by atoms with van der Waals surface area (Å²) in [4.78, 5) is 0. The molecule has 0 aromatic heterocycles. The van der Waals surface area contributed by atoms with Crippen molar-refractivity contribution in [2.45, 2.75) is 0 Å². The lowest BCUT2D eigenvalue weighted by molar-refractivity contribution is 0.978. The molecule has 41 valence electrons. The highest BCUT2D eigenvalue weighted by atomic mass is 32.1. The van der Waals surface area contributed by atoms with Crippen LogP contribution in [0.1, 0.15) is 0 Å². The van der Waals surface area contributed by atoms with Crippen molar-refractivity contribution in [2.24, 2.45) is 5.10 Å². The first-order chi connectivity index (χ1) is 3.89. The molecule has 0 saturated heterocycles. The average molecular weight is 125 g/mol. The number of hydrogen-bond acceptors (Lipinski definition) is 2. The summed E-state index contributed by atoms with van der Waals surface area (Å²) in [7, 11) is 0. The Morgan fingerprint density at radius 2 is 2.38 bits per heavy atom. The Balaban J connectivity index is 2.69. The van der Waals surface area contributed by atoms with Gasteiger partial charge in [0.2, 0.25) is 0 Å². The highest BCUT2D eigenvalue weighted by Crippen LogP contribution is 1.89. The fraction of sp³-hybridized carbons (Fsp3) is 0. The smallest absolute Gasteiger partial charge is 0.146 e. The van der Waals surface area contributed by atoms with Crippen LogP contribution in [0.15, 0.2) is 29.5 Å². The largest absolute Gasteiger partial charge is 0.284 e. The number of hydrazone groups is 1. The number of nitrogens with zero attached hydrogens (tertiary/aromatic N) is 1. The zero-order valence-electron chi connectivity index (χ0n) is 4.16. The summed E-state index contributed by atoms with van der Waals surface area (Å²) in [6.45, 7) is 0. The molecule has 0 aromatic rings. The molecular formula is C5H5N2S. The fourth-order valence-corrected chi connectivity index (χ4v) is 0.506. The summed E-state index contributed by atoms with van der Waals surface area (Å²) in [5, 5.41) is 4.31. The SMILES string of the molecule is [S]C1=NNC=CC=C1. The number of allylic oxidation sites excluding steroid dienone is 2. The first kappa shape index (κ1) is 5.31. The molecule has 0 bridgehead atoms. The van der Waals surface area contributed by atoms with E-state index < -0.39 is 0 Å². The second kappa shape index (κ2) is 2.47. The first-order valence-corrected chi connectivity index (χ1v) is 2.64. The molecule has 1 N–H and O–H groups in total. The van der Waals surface area contributed by atoms with E-state index in [-0.39, 0.29) is 0 Å². The van der Waals surface area contributed by atoms with Gasteiger partial charge in [0.25, 0.3) is 0 Å². The molecule has 1 radical (unpaired) electrons. The van der Waals surface area contributed by atoms with Crippen LogP contribution in [0.4, 0.5) is 0 Å². The minimum atomic E-state index is 0.579. The van der Waals surface area contributed by atoms with Gasteiger partial charge >= 0.3 is 0 Å². The molecule has 0 spiro atoms. The summed E-state index contributed by atoms with van der Waals surface area (Å²) in [5.74, 6) is 0. The monoisotopic (exact) mass is 125 g/mol. The Labute approximate surface area is 53.4 Å². The van der Waals surface area contributed by atoms with Gasteiger partial charge in [-0.1, -0.05) is 18.7 Å². The normalized spacial score (nSPS) is 16.8. The van der Waals surface area contributed by atoms with Gasteiger partial charge in [-0.25, -0.2) is 0 Å². The lowest BCUT2D eigenvalue weighted by atomic mass is 10.5.